The zero-order valence-corrected chi connectivity index (χ0v) is 16.4. The first-order valence-electron chi connectivity index (χ1n) is 9.49. The fourth-order valence-corrected chi connectivity index (χ4v) is 3.41. The van der Waals surface area contributed by atoms with Crippen LogP contribution in [0.4, 0.5) is 5.82 Å². The predicted octanol–water partition coefficient (Wildman–Crippen LogP) is 3.50. The minimum Gasteiger partial charge on any atom is -0.504 e. The van der Waals surface area contributed by atoms with Crippen molar-refractivity contribution >= 4 is 11.7 Å². The minimum absolute atomic E-state index is 0.113. The van der Waals surface area contributed by atoms with Gasteiger partial charge in [0, 0.05) is 24.7 Å². The lowest BCUT2D eigenvalue weighted by Crippen LogP contribution is -2.34. The summed E-state index contributed by atoms with van der Waals surface area (Å²) in [7, 11) is 0. The summed E-state index contributed by atoms with van der Waals surface area (Å²) in [5.74, 6) is 1.45. The molecule has 2 aromatic carbocycles. The number of aromatic nitrogens is 1. The Kier molecular flexibility index (Phi) is 5.22. The van der Waals surface area contributed by atoms with Gasteiger partial charge in [-0.25, -0.2) is 0 Å². The number of hydrogen-bond acceptors (Lipinski definition) is 6. The van der Waals surface area contributed by atoms with Gasteiger partial charge in [0.05, 0.1) is 6.54 Å². The number of rotatable bonds is 4. The number of carbonyl (C=O) groups excluding carboxylic acids is 1. The van der Waals surface area contributed by atoms with Crippen LogP contribution in [-0.2, 0) is 11.3 Å². The van der Waals surface area contributed by atoms with Crippen molar-refractivity contribution in [3.8, 4) is 22.6 Å². The normalized spacial score (nSPS) is 14.0. The van der Waals surface area contributed by atoms with Gasteiger partial charge in [-0.05, 0) is 37.1 Å². The molecule has 0 saturated carbocycles. The van der Waals surface area contributed by atoms with Crippen molar-refractivity contribution in [3.63, 3.8) is 0 Å². The van der Waals surface area contributed by atoms with E-state index in [0.29, 0.717) is 37.0 Å². The highest BCUT2D eigenvalue weighted by Gasteiger charge is 2.21. The Bertz CT molecular complexity index is 1030. The quantitative estimate of drug-likeness (QED) is 0.705. The van der Waals surface area contributed by atoms with Gasteiger partial charge in [0.25, 0.3) is 0 Å². The van der Waals surface area contributed by atoms with Gasteiger partial charge in [-0.3, -0.25) is 9.69 Å². The van der Waals surface area contributed by atoms with Gasteiger partial charge >= 0.3 is 0 Å². The zero-order chi connectivity index (χ0) is 20.4. The number of nitrogens with one attached hydrogen (secondary N) is 1. The summed E-state index contributed by atoms with van der Waals surface area (Å²) in [6.45, 7) is 5.44. The molecule has 7 nitrogen and oxygen atoms in total. The maximum Gasteiger partial charge on any atom is 0.239 e. The Morgan fingerprint density at radius 2 is 1.97 bits per heavy atom. The van der Waals surface area contributed by atoms with Crippen LogP contribution in [0.3, 0.4) is 0 Å². The van der Waals surface area contributed by atoms with E-state index in [1.165, 1.54) is 5.56 Å². The first-order valence-corrected chi connectivity index (χ1v) is 9.49. The van der Waals surface area contributed by atoms with Crippen LogP contribution >= 0.6 is 0 Å². The molecule has 150 valence electrons. The first-order chi connectivity index (χ1) is 14.0. The molecule has 0 atom stereocenters. The smallest absolute Gasteiger partial charge is 0.239 e. The highest BCUT2D eigenvalue weighted by molar-refractivity contribution is 5.91. The van der Waals surface area contributed by atoms with Gasteiger partial charge < -0.3 is 19.7 Å². The molecule has 1 aliphatic heterocycles. The van der Waals surface area contributed by atoms with Crippen LogP contribution in [-0.4, -0.2) is 40.8 Å². The van der Waals surface area contributed by atoms with E-state index in [0.717, 1.165) is 16.7 Å². The van der Waals surface area contributed by atoms with Crippen LogP contribution in [0.1, 0.15) is 16.9 Å². The third kappa shape index (κ3) is 4.41. The van der Waals surface area contributed by atoms with Gasteiger partial charge in [-0.1, -0.05) is 35.0 Å². The maximum atomic E-state index is 12.4. The third-order valence-electron chi connectivity index (χ3n) is 4.84. The summed E-state index contributed by atoms with van der Waals surface area (Å²) in [5, 5.41) is 17.0. The van der Waals surface area contributed by atoms with Crippen molar-refractivity contribution < 1.29 is 19.2 Å². The van der Waals surface area contributed by atoms with Crippen molar-refractivity contribution in [3.05, 3.63) is 59.4 Å². The lowest BCUT2D eigenvalue weighted by atomic mass is 10.0. The standard InChI is InChI=1S/C22H23N3O4/c1-14-3-5-16(6-4-14)17-10-18-12-25(7-8-28-22(18)19(26)11-17)13-21(27)23-20-9-15(2)29-24-20/h3-6,9-11,26H,7-8,12-13H2,1-2H3,(H,23,24,27). The molecule has 3 aromatic rings. The highest BCUT2D eigenvalue weighted by atomic mass is 16.5. The summed E-state index contributed by atoms with van der Waals surface area (Å²) < 4.78 is 10.7. The van der Waals surface area contributed by atoms with Crippen molar-refractivity contribution in [2.45, 2.75) is 20.4 Å². The number of phenols is 1. The van der Waals surface area contributed by atoms with Crippen molar-refractivity contribution in [2.24, 2.45) is 0 Å². The van der Waals surface area contributed by atoms with E-state index < -0.39 is 0 Å². The molecule has 4 rings (SSSR count). The lowest BCUT2D eigenvalue weighted by molar-refractivity contribution is -0.117. The van der Waals surface area contributed by atoms with Crippen LogP contribution < -0.4 is 10.1 Å². The summed E-state index contributed by atoms with van der Waals surface area (Å²) in [4.78, 5) is 14.4. The molecule has 1 amide bonds. The van der Waals surface area contributed by atoms with Crippen LogP contribution in [0.25, 0.3) is 11.1 Å². The Morgan fingerprint density at radius 1 is 1.17 bits per heavy atom. The number of aryl methyl sites for hydroxylation is 2. The predicted molar refractivity (Wildman–Crippen MR) is 109 cm³/mol. The molecule has 29 heavy (non-hydrogen) atoms. The van der Waals surface area contributed by atoms with Gasteiger partial charge in [-0.15, -0.1) is 0 Å². The minimum atomic E-state index is -0.180. The molecule has 1 aromatic heterocycles. The number of amides is 1. The van der Waals surface area contributed by atoms with E-state index in [4.69, 9.17) is 9.26 Å². The van der Waals surface area contributed by atoms with E-state index in [-0.39, 0.29) is 18.2 Å². The number of carbonyl (C=O) groups is 1. The molecule has 1 aliphatic rings. The molecule has 0 unspecified atom stereocenters. The number of anilines is 1. The zero-order valence-electron chi connectivity index (χ0n) is 16.4. The van der Waals surface area contributed by atoms with Gasteiger partial charge in [0.2, 0.25) is 5.91 Å². The monoisotopic (exact) mass is 393 g/mol. The van der Waals surface area contributed by atoms with Gasteiger partial charge in [-0.2, -0.15) is 0 Å². The third-order valence-corrected chi connectivity index (χ3v) is 4.84. The highest BCUT2D eigenvalue weighted by Crippen LogP contribution is 2.37. The topological polar surface area (TPSA) is 87.8 Å². The number of aromatic hydroxyl groups is 1. The van der Waals surface area contributed by atoms with E-state index in [1.54, 1.807) is 19.1 Å². The molecular weight excluding hydrogens is 370 g/mol. The molecule has 0 fully saturated rings. The molecule has 7 heteroatoms. The lowest BCUT2D eigenvalue weighted by Gasteiger charge is -2.18. The molecule has 0 radical (unpaired) electrons. The summed E-state index contributed by atoms with van der Waals surface area (Å²) in [6.07, 6.45) is 0. The van der Waals surface area contributed by atoms with Crippen LogP contribution in [0.2, 0.25) is 0 Å². The second kappa shape index (κ2) is 7.97. The molecule has 0 saturated heterocycles. The number of nitrogens with zero attached hydrogens (tertiary/aromatic N) is 2. The van der Waals surface area contributed by atoms with Crippen molar-refractivity contribution in [2.75, 3.05) is 25.0 Å². The number of fused-ring (bicyclic) bond motifs is 1. The SMILES string of the molecule is Cc1ccc(-c2cc(O)c3c(c2)CN(CC(=O)Nc2cc(C)on2)CCO3)cc1. The first kappa shape index (κ1) is 19.0. The second-order valence-electron chi connectivity index (χ2n) is 7.28. The molecular formula is C22H23N3O4. The molecule has 0 bridgehead atoms. The van der Waals surface area contributed by atoms with E-state index in [1.807, 2.05) is 42.2 Å². The Balaban J connectivity index is 1.52. The Labute approximate surface area is 168 Å². The largest absolute Gasteiger partial charge is 0.504 e. The Morgan fingerprint density at radius 3 is 2.69 bits per heavy atom. The van der Waals surface area contributed by atoms with E-state index in [9.17, 15) is 9.90 Å². The number of phenolic OH excluding ortho intramolecular Hbond substituents is 1. The number of hydrogen-bond donors (Lipinski definition) is 2. The number of ether oxygens (including phenoxy) is 1. The summed E-state index contributed by atoms with van der Waals surface area (Å²) >= 11 is 0. The molecule has 0 spiro atoms. The molecule has 2 N–H and O–H groups in total. The average molecular weight is 393 g/mol. The van der Waals surface area contributed by atoms with Crippen molar-refractivity contribution in [1.82, 2.24) is 10.1 Å². The van der Waals surface area contributed by atoms with E-state index >= 15 is 0 Å². The van der Waals surface area contributed by atoms with Gasteiger partial charge in [0.1, 0.15) is 12.4 Å². The van der Waals surface area contributed by atoms with Crippen molar-refractivity contribution in [1.29, 1.82) is 0 Å². The maximum absolute atomic E-state index is 12.4. The second-order valence-corrected chi connectivity index (χ2v) is 7.28. The Hall–Kier alpha value is -3.32. The fraction of sp³-hybridized carbons (Fsp3) is 0.273. The van der Waals surface area contributed by atoms with E-state index in [2.05, 4.69) is 10.5 Å². The van der Waals surface area contributed by atoms with Crippen LogP contribution in [0, 0.1) is 13.8 Å². The molecule has 2 heterocycles. The molecule has 0 aliphatic carbocycles. The summed E-state index contributed by atoms with van der Waals surface area (Å²) in [5.41, 5.74) is 3.96. The average Bonchev–Trinajstić information content (AvgIpc) is 2.96. The van der Waals surface area contributed by atoms with Gasteiger partial charge in [0.15, 0.2) is 17.3 Å². The van der Waals surface area contributed by atoms with Crippen LogP contribution in [0.15, 0.2) is 47.0 Å². The van der Waals surface area contributed by atoms with Crippen LogP contribution in [0.5, 0.6) is 11.5 Å². The summed E-state index contributed by atoms with van der Waals surface area (Å²) in [6, 6.07) is 13.5. The number of benzene rings is 2. The fourth-order valence-electron chi connectivity index (χ4n) is 3.41.